The molecular weight excluding hydrogens is 356 g/mol. The van der Waals surface area contributed by atoms with Gasteiger partial charge in [-0.25, -0.2) is 0 Å². The fourth-order valence-electron chi connectivity index (χ4n) is 5.07. The Labute approximate surface area is 166 Å². The smallest absolute Gasteiger partial charge is 0.261 e. The minimum atomic E-state index is -0.355. The monoisotopic (exact) mass is 388 g/mol. The summed E-state index contributed by atoms with van der Waals surface area (Å²) in [6.07, 6.45) is 13.6. The van der Waals surface area contributed by atoms with Gasteiger partial charge in [-0.15, -0.1) is 11.3 Å². The number of aryl methyl sites for hydroxylation is 2. The van der Waals surface area contributed by atoms with Crippen LogP contribution in [0, 0.1) is 5.41 Å². The average molecular weight is 389 g/mol. The standard InChI is InChI=1S/C22H32N2O2S/c25-20(19-15-17-9-3-1-2-4-10-18(17)27-19)23-16-22(11-5-6-12-22)21(26)24-13-7-8-14-24/h15H,1-14,16H2,(H,23,25). The number of likely N-dealkylation sites (tertiary alicyclic amines) is 1. The zero-order valence-electron chi connectivity index (χ0n) is 16.4. The van der Waals surface area contributed by atoms with E-state index in [-0.39, 0.29) is 17.2 Å². The molecule has 1 aromatic rings. The Balaban J connectivity index is 1.42. The molecule has 4 rings (SSSR count). The second-order valence-electron chi connectivity index (χ2n) is 8.64. The Morgan fingerprint density at radius 3 is 2.41 bits per heavy atom. The number of amides is 2. The third kappa shape index (κ3) is 4.08. The molecule has 148 valence electrons. The van der Waals surface area contributed by atoms with E-state index >= 15 is 0 Å². The van der Waals surface area contributed by atoms with Crippen molar-refractivity contribution in [1.29, 1.82) is 0 Å². The van der Waals surface area contributed by atoms with Gasteiger partial charge < -0.3 is 10.2 Å². The van der Waals surface area contributed by atoms with Crippen LogP contribution >= 0.6 is 11.3 Å². The van der Waals surface area contributed by atoms with Crippen molar-refractivity contribution in [2.75, 3.05) is 19.6 Å². The van der Waals surface area contributed by atoms with Crippen molar-refractivity contribution in [3.63, 3.8) is 0 Å². The SMILES string of the molecule is O=C(NCC1(C(=O)N2CCCC2)CCCC1)c1cc2c(s1)CCCCCC2. The molecule has 2 heterocycles. The summed E-state index contributed by atoms with van der Waals surface area (Å²) in [4.78, 5) is 30.3. The number of carbonyl (C=O) groups is 2. The van der Waals surface area contributed by atoms with E-state index in [1.807, 2.05) is 4.90 Å². The van der Waals surface area contributed by atoms with Crippen LogP contribution in [0.4, 0.5) is 0 Å². The van der Waals surface area contributed by atoms with Crippen molar-refractivity contribution in [2.45, 2.75) is 77.0 Å². The fraction of sp³-hybridized carbons (Fsp3) is 0.727. The van der Waals surface area contributed by atoms with Gasteiger partial charge in [0.05, 0.1) is 10.3 Å². The van der Waals surface area contributed by atoms with Crippen LogP contribution in [0.1, 0.15) is 84.3 Å². The van der Waals surface area contributed by atoms with E-state index in [1.54, 1.807) is 11.3 Å². The maximum atomic E-state index is 13.1. The molecular formula is C22H32N2O2S. The molecule has 5 heteroatoms. The van der Waals surface area contributed by atoms with E-state index in [0.717, 1.165) is 69.3 Å². The van der Waals surface area contributed by atoms with Crippen LogP contribution in [0.25, 0.3) is 0 Å². The van der Waals surface area contributed by atoms with E-state index in [0.29, 0.717) is 6.54 Å². The molecule has 0 aromatic carbocycles. The summed E-state index contributed by atoms with van der Waals surface area (Å²) >= 11 is 1.67. The molecule has 1 aromatic heterocycles. The number of nitrogens with zero attached hydrogens (tertiary/aromatic N) is 1. The van der Waals surface area contributed by atoms with Crippen LogP contribution in [-0.2, 0) is 17.6 Å². The predicted octanol–water partition coefficient (Wildman–Crippen LogP) is 4.32. The van der Waals surface area contributed by atoms with Crippen molar-refractivity contribution in [1.82, 2.24) is 10.2 Å². The van der Waals surface area contributed by atoms with Crippen LogP contribution in [-0.4, -0.2) is 36.3 Å². The average Bonchev–Trinajstić information content (AvgIpc) is 3.41. The van der Waals surface area contributed by atoms with Gasteiger partial charge in [-0.2, -0.15) is 0 Å². The second kappa shape index (κ2) is 8.34. The summed E-state index contributed by atoms with van der Waals surface area (Å²) in [5.41, 5.74) is 1.03. The van der Waals surface area contributed by atoms with E-state index in [4.69, 9.17) is 0 Å². The molecule has 1 saturated carbocycles. The van der Waals surface area contributed by atoms with Gasteiger partial charge in [-0.1, -0.05) is 25.7 Å². The molecule has 0 unspecified atom stereocenters. The first-order chi connectivity index (χ1) is 13.2. The summed E-state index contributed by atoms with van der Waals surface area (Å²) in [5, 5.41) is 3.15. The van der Waals surface area contributed by atoms with Crippen LogP contribution in [0.5, 0.6) is 0 Å². The summed E-state index contributed by atoms with van der Waals surface area (Å²) < 4.78 is 0. The predicted molar refractivity (Wildman–Crippen MR) is 109 cm³/mol. The summed E-state index contributed by atoms with van der Waals surface area (Å²) in [6.45, 7) is 2.29. The molecule has 0 radical (unpaired) electrons. The van der Waals surface area contributed by atoms with Crippen molar-refractivity contribution >= 4 is 23.2 Å². The number of carbonyl (C=O) groups excluding carboxylic acids is 2. The van der Waals surface area contributed by atoms with Crippen molar-refractivity contribution in [2.24, 2.45) is 5.41 Å². The number of fused-ring (bicyclic) bond motifs is 1. The number of thiophene rings is 1. The van der Waals surface area contributed by atoms with Crippen molar-refractivity contribution in [3.8, 4) is 0 Å². The molecule has 3 aliphatic rings. The lowest BCUT2D eigenvalue weighted by atomic mass is 9.84. The molecule has 0 atom stereocenters. The molecule has 4 nitrogen and oxygen atoms in total. The highest BCUT2D eigenvalue weighted by Crippen LogP contribution is 2.40. The van der Waals surface area contributed by atoms with Gasteiger partial charge in [0.2, 0.25) is 5.91 Å². The lowest BCUT2D eigenvalue weighted by Gasteiger charge is -2.32. The maximum absolute atomic E-state index is 13.1. The highest BCUT2D eigenvalue weighted by Gasteiger charge is 2.44. The highest BCUT2D eigenvalue weighted by atomic mass is 32.1. The van der Waals surface area contributed by atoms with Gasteiger partial charge >= 0.3 is 0 Å². The minimum Gasteiger partial charge on any atom is -0.350 e. The summed E-state index contributed by atoms with van der Waals surface area (Å²) in [5.74, 6) is 0.309. The first-order valence-electron chi connectivity index (χ1n) is 10.9. The molecule has 1 aliphatic heterocycles. The molecule has 0 bridgehead atoms. The maximum Gasteiger partial charge on any atom is 0.261 e. The van der Waals surface area contributed by atoms with E-state index in [1.165, 1.54) is 36.1 Å². The minimum absolute atomic E-state index is 0.0206. The van der Waals surface area contributed by atoms with Crippen LogP contribution in [0.3, 0.4) is 0 Å². The van der Waals surface area contributed by atoms with E-state index in [9.17, 15) is 9.59 Å². The van der Waals surface area contributed by atoms with Crippen LogP contribution in [0.2, 0.25) is 0 Å². The largest absolute Gasteiger partial charge is 0.350 e. The van der Waals surface area contributed by atoms with Gasteiger partial charge in [0.1, 0.15) is 0 Å². The Bertz CT molecular complexity index is 659. The quantitative estimate of drug-likeness (QED) is 0.835. The van der Waals surface area contributed by atoms with E-state index in [2.05, 4.69) is 11.4 Å². The molecule has 2 amide bonds. The lowest BCUT2D eigenvalue weighted by molar-refractivity contribution is -0.140. The lowest BCUT2D eigenvalue weighted by Crippen LogP contribution is -2.47. The Kier molecular flexibility index (Phi) is 5.86. The number of hydrogen-bond donors (Lipinski definition) is 1. The Morgan fingerprint density at radius 1 is 0.963 bits per heavy atom. The molecule has 0 spiro atoms. The van der Waals surface area contributed by atoms with Gasteiger partial charge in [-0.05, 0) is 63.0 Å². The first-order valence-corrected chi connectivity index (χ1v) is 11.7. The van der Waals surface area contributed by atoms with Gasteiger partial charge in [0, 0.05) is 24.5 Å². The van der Waals surface area contributed by atoms with Crippen LogP contribution in [0.15, 0.2) is 6.07 Å². The normalized spacial score (nSPS) is 22.1. The topological polar surface area (TPSA) is 49.4 Å². The van der Waals surface area contributed by atoms with Crippen molar-refractivity contribution < 1.29 is 9.59 Å². The van der Waals surface area contributed by atoms with Crippen molar-refractivity contribution in [3.05, 3.63) is 21.4 Å². The first kappa shape index (κ1) is 19.0. The molecule has 2 fully saturated rings. The molecule has 1 N–H and O–H groups in total. The fourth-order valence-corrected chi connectivity index (χ4v) is 6.24. The summed E-state index contributed by atoms with van der Waals surface area (Å²) in [6, 6.07) is 2.12. The Hall–Kier alpha value is -1.36. The third-order valence-electron chi connectivity index (χ3n) is 6.72. The highest BCUT2D eigenvalue weighted by molar-refractivity contribution is 7.14. The summed E-state index contributed by atoms with van der Waals surface area (Å²) in [7, 11) is 0. The van der Waals surface area contributed by atoms with E-state index < -0.39 is 0 Å². The molecule has 2 aliphatic carbocycles. The van der Waals surface area contributed by atoms with Gasteiger partial charge in [0.15, 0.2) is 0 Å². The second-order valence-corrected chi connectivity index (χ2v) is 9.78. The van der Waals surface area contributed by atoms with Crippen LogP contribution < -0.4 is 5.32 Å². The number of hydrogen-bond acceptors (Lipinski definition) is 3. The van der Waals surface area contributed by atoms with Gasteiger partial charge in [-0.3, -0.25) is 9.59 Å². The molecule has 27 heavy (non-hydrogen) atoms. The number of nitrogens with one attached hydrogen (secondary N) is 1. The third-order valence-corrected chi connectivity index (χ3v) is 7.95. The zero-order chi connectivity index (χ0) is 18.7. The number of rotatable bonds is 4. The van der Waals surface area contributed by atoms with Gasteiger partial charge in [0.25, 0.3) is 5.91 Å². The Morgan fingerprint density at radius 2 is 1.67 bits per heavy atom. The zero-order valence-corrected chi connectivity index (χ0v) is 17.2. The molecule has 1 saturated heterocycles.